The Labute approximate surface area is 114 Å². The molecule has 3 rings (SSSR count). The summed E-state index contributed by atoms with van der Waals surface area (Å²) in [4.78, 5) is 15.8. The van der Waals surface area contributed by atoms with Crippen molar-refractivity contribution in [3.8, 4) is 0 Å². The van der Waals surface area contributed by atoms with Gasteiger partial charge in [0.1, 0.15) is 5.82 Å². The number of carbonyl (C=O) groups excluding carboxylic acids is 1. The normalized spacial score (nSPS) is 19.4. The fraction of sp³-hybridized carbons (Fsp3) is 0.333. The first-order chi connectivity index (χ1) is 8.69. The number of imidazole rings is 1. The zero-order chi connectivity index (χ0) is 12.7. The fourth-order valence-electron chi connectivity index (χ4n) is 2.40. The molecule has 1 amide bonds. The number of aromatic nitrogens is 2. The van der Waals surface area contributed by atoms with Crippen LogP contribution in [0.3, 0.4) is 0 Å². The average molecular weight is 284 g/mol. The molecule has 6 heteroatoms. The molecule has 1 N–H and O–H groups in total. The van der Waals surface area contributed by atoms with E-state index in [2.05, 4.69) is 10.3 Å². The first kappa shape index (κ1) is 11.8. The largest absolute Gasteiger partial charge is 0.354 e. The third-order valence-corrected chi connectivity index (χ3v) is 3.64. The highest BCUT2D eigenvalue weighted by atomic mass is 35.5. The minimum absolute atomic E-state index is 0.0661. The highest BCUT2D eigenvalue weighted by Crippen LogP contribution is 2.27. The summed E-state index contributed by atoms with van der Waals surface area (Å²) >= 11 is 11.9. The quantitative estimate of drug-likeness (QED) is 0.861. The summed E-state index contributed by atoms with van der Waals surface area (Å²) in [6.45, 7) is 0.622. The van der Waals surface area contributed by atoms with E-state index in [9.17, 15) is 4.79 Å². The molecule has 1 atom stereocenters. The van der Waals surface area contributed by atoms with Crippen molar-refractivity contribution in [3.05, 3.63) is 29.0 Å². The van der Waals surface area contributed by atoms with Crippen molar-refractivity contribution in [3.63, 3.8) is 0 Å². The summed E-state index contributed by atoms with van der Waals surface area (Å²) in [5.74, 6) is 1.16. The molecular weight excluding hydrogens is 273 g/mol. The molecule has 0 bridgehead atoms. The molecule has 0 spiro atoms. The van der Waals surface area contributed by atoms with Crippen molar-refractivity contribution >= 4 is 40.1 Å². The molecule has 1 aliphatic rings. The van der Waals surface area contributed by atoms with E-state index in [0.29, 0.717) is 23.9 Å². The number of nitrogens with one attached hydrogen (secondary N) is 1. The van der Waals surface area contributed by atoms with Gasteiger partial charge in [-0.05, 0) is 18.2 Å². The van der Waals surface area contributed by atoms with Gasteiger partial charge >= 0.3 is 0 Å². The number of nitrogens with zero attached hydrogens (tertiary/aromatic N) is 2. The number of rotatable bonds is 2. The van der Waals surface area contributed by atoms with Crippen molar-refractivity contribution < 1.29 is 4.79 Å². The van der Waals surface area contributed by atoms with Crippen LogP contribution in [0.5, 0.6) is 0 Å². The van der Waals surface area contributed by atoms with Crippen LogP contribution in [0.1, 0.15) is 18.3 Å². The lowest BCUT2D eigenvalue weighted by molar-refractivity contribution is -0.119. The van der Waals surface area contributed by atoms with Crippen LogP contribution in [0.25, 0.3) is 11.0 Å². The van der Waals surface area contributed by atoms with Gasteiger partial charge in [0.05, 0.1) is 23.0 Å². The molecule has 0 radical (unpaired) electrons. The Balaban J connectivity index is 2.16. The summed E-state index contributed by atoms with van der Waals surface area (Å²) in [5, 5.41) is 3.48. The molecule has 94 valence electrons. The molecule has 1 unspecified atom stereocenters. The van der Waals surface area contributed by atoms with Gasteiger partial charge in [-0.15, -0.1) is 11.6 Å². The van der Waals surface area contributed by atoms with Gasteiger partial charge in [-0.25, -0.2) is 4.98 Å². The van der Waals surface area contributed by atoms with Crippen LogP contribution >= 0.6 is 23.2 Å². The van der Waals surface area contributed by atoms with E-state index < -0.39 is 0 Å². The molecule has 0 aliphatic carbocycles. The Morgan fingerprint density at radius 3 is 3.00 bits per heavy atom. The van der Waals surface area contributed by atoms with E-state index in [1.54, 1.807) is 0 Å². The Morgan fingerprint density at radius 1 is 1.50 bits per heavy atom. The molecular formula is C12H11Cl2N3O. The van der Waals surface area contributed by atoms with E-state index in [0.717, 1.165) is 16.9 Å². The molecule has 1 saturated heterocycles. The number of halogens is 2. The van der Waals surface area contributed by atoms with E-state index in [-0.39, 0.29) is 11.9 Å². The molecule has 1 aromatic heterocycles. The first-order valence-corrected chi connectivity index (χ1v) is 6.59. The van der Waals surface area contributed by atoms with Gasteiger partial charge in [0.15, 0.2) is 0 Å². The molecule has 4 nitrogen and oxygen atoms in total. The second-order valence-electron chi connectivity index (χ2n) is 4.33. The van der Waals surface area contributed by atoms with Crippen LogP contribution in [0, 0.1) is 0 Å². The van der Waals surface area contributed by atoms with Gasteiger partial charge in [0.25, 0.3) is 0 Å². The number of carbonyl (C=O) groups is 1. The van der Waals surface area contributed by atoms with Crippen molar-refractivity contribution in [2.75, 3.05) is 6.54 Å². The van der Waals surface area contributed by atoms with E-state index >= 15 is 0 Å². The van der Waals surface area contributed by atoms with Crippen molar-refractivity contribution in [1.82, 2.24) is 14.9 Å². The number of benzene rings is 1. The third kappa shape index (κ3) is 1.85. The van der Waals surface area contributed by atoms with Gasteiger partial charge < -0.3 is 9.88 Å². The second kappa shape index (κ2) is 4.44. The minimum atomic E-state index is 0.0661. The highest BCUT2D eigenvalue weighted by Gasteiger charge is 2.26. The summed E-state index contributed by atoms with van der Waals surface area (Å²) in [7, 11) is 0. The van der Waals surface area contributed by atoms with E-state index in [1.165, 1.54) is 0 Å². The molecule has 1 aliphatic heterocycles. The summed E-state index contributed by atoms with van der Waals surface area (Å²) in [5.41, 5.74) is 1.79. The van der Waals surface area contributed by atoms with Gasteiger partial charge in [-0.1, -0.05) is 11.6 Å². The standard InChI is InChI=1S/C12H11Cl2N3O/c13-5-11-16-9-3-7(14)1-2-10(9)17(11)8-4-12(18)15-6-8/h1-3,8H,4-6H2,(H,15,18). The third-order valence-electron chi connectivity index (χ3n) is 3.17. The first-order valence-electron chi connectivity index (χ1n) is 5.68. The lowest BCUT2D eigenvalue weighted by Gasteiger charge is -2.13. The Bertz CT molecular complexity index is 623. The molecule has 0 saturated carbocycles. The van der Waals surface area contributed by atoms with Crippen LogP contribution in [0.2, 0.25) is 5.02 Å². The zero-order valence-corrected chi connectivity index (χ0v) is 11.0. The Morgan fingerprint density at radius 2 is 2.33 bits per heavy atom. The zero-order valence-electron chi connectivity index (χ0n) is 9.49. The van der Waals surface area contributed by atoms with E-state index in [1.807, 2.05) is 22.8 Å². The van der Waals surface area contributed by atoms with Gasteiger partial charge in [-0.3, -0.25) is 4.79 Å². The number of fused-ring (bicyclic) bond motifs is 1. The monoisotopic (exact) mass is 283 g/mol. The Kier molecular flexibility index (Phi) is 2.92. The molecule has 18 heavy (non-hydrogen) atoms. The smallest absolute Gasteiger partial charge is 0.222 e. The van der Waals surface area contributed by atoms with Crippen LogP contribution in [-0.4, -0.2) is 22.0 Å². The molecule has 1 aromatic carbocycles. The lowest BCUT2D eigenvalue weighted by atomic mass is 10.2. The summed E-state index contributed by atoms with van der Waals surface area (Å²) in [6, 6.07) is 5.64. The highest BCUT2D eigenvalue weighted by molar-refractivity contribution is 6.31. The van der Waals surface area contributed by atoms with Crippen molar-refractivity contribution in [1.29, 1.82) is 0 Å². The van der Waals surface area contributed by atoms with Crippen LogP contribution in [-0.2, 0) is 10.7 Å². The second-order valence-corrected chi connectivity index (χ2v) is 5.03. The summed E-state index contributed by atoms with van der Waals surface area (Å²) in [6.07, 6.45) is 0.470. The number of amides is 1. The van der Waals surface area contributed by atoms with Gasteiger partial charge in [0, 0.05) is 18.0 Å². The van der Waals surface area contributed by atoms with Crippen molar-refractivity contribution in [2.45, 2.75) is 18.3 Å². The molecule has 2 aromatic rings. The Hall–Kier alpha value is -1.26. The summed E-state index contributed by atoms with van der Waals surface area (Å²) < 4.78 is 2.04. The fourth-order valence-corrected chi connectivity index (χ4v) is 2.75. The maximum atomic E-state index is 11.3. The van der Waals surface area contributed by atoms with Gasteiger partial charge in [0.2, 0.25) is 5.91 Å². The van der Waals surface area contributed by atoms with E-state index in [4.69, 9.17) is 23.2 Å². The average Bonchev–Trinajstić information content (AvgIpc) is 2.91. The lowest BCUT2D eigenvalue weighted by Crippen LogP contribution is -2.16. The van der Waals surface area contributed by atoms with Gasteiger partial charge in [-0.2, -0.15) is 0 Å². The number of hydrogen-bond acceptors (Lipinski definition) is 2. The predicted octanol–water partition coefficient (Wildman–Crippen LogP) is 2.49. The topological polar surface area (TPSA) is 46.9 Å². The maximum Gasteiger partial charge on any atom is 0.222 e. The van der Waals surface area contributed by atoms with Crippen molar-refractivity contribution in [2.24, 2.45) is 0 Å². The molecule has 1 fully saturated rings. The minimum Gasteiger partial charge on any atom is -0.354 e. The molecule has 2 heterocycles. The van der Waals surface area contributed by atoms with Crippen LogP contribution < -0.4 is 5.32 Å². The number of hydrogen-bond donors (Lipinski definition) is 1. The SMILES string of the molecule is O=C1CC(n2c(CCl)nc3cc(Cl)ccc32)CN1. The number of alkyl halides is 1. The maximum absolute atomic E-state index is 11.3. The van der Waals surface area contributed by atoms with Crippen LogP contribution in [0.4, 0.5) is 0 Å². The van der Waals surface area contributed by atoms with Crippen LogP contribution in [0.15, 0.2) is 18.2 Å². The predicted molar refractivity (Wildman–Crippen MR) is 71.0 cm³/mol.